The highest BCUT2D eigenvalue weighted by Crippen LogP contribution is 2.47. The highest BCUT2D eigenvalue weighted by Gasteiger charge is 2.38. The normalized spacial score (nSPS) is 15.8. The number of furan rings is 1. The molecule has 1 aliphatic rings. The first-order valence-corrected chi connectivity index (χ1v) is 14.3. The number of aromatic nitrogens is 2. The van der Waals surface area contributed by atoms with E-state index in [-0.39, 0.29) is 34.4 Å². The smallest absolute Gasteiger partial charge is 0.416 e. The lowest BCUT2D eigenvalue weighted by molar-refractivity contribution is -0.143. The summed E-state index contributed by atoms with van der Waals surface area (Å²) in [6.07, 6.45) is -6.16. The Balaban J connectivity index is 1.31. The van der Waals surface area contributed by atoms with Gasteiger partial charge >= 0.3 is 12.4 Å². The molecule has 2 N–H and O–H groups in total. The highest BCUT2D eigenvalue weighted by atomic mass is 19.4. The number of nitrogens with one attached hydrogen (secondary N) is 2. The number of amides is 1. The minimum absolute atomic E-state index is 0.0169. The summed E-state index contributed by atoms with van der Waals surface area (Å²) in [5.74, 6) is -0.501. The molecule has 5 rings (SSSR count). The molecule has 2 aromatic carbocycles. The summed E-state index contributed by atoms with van der Waals surface area (Å²) in [7, 11) is 0. The van der Waals surface area contributed by atoms with Crippen molar-refractivity contribution in [2.75, 3.05) is 10.6 Å². The molecule has 0 unspecified atom stereocenters. The van der Waals surface area contributed by atoms with Gasteiger partial charge in [-0.05, 0) is 89.2 Å². The number of halogens is 6. The maximum absolute atomic E-state index is 13.2. The van der Waals surface area contributed by atoms with Crippen LogP contribution in [0.1, 0.15) is 90.2 Å². The molecule has 0 radical (unpaired) electrons. The van der Waals surface area contributed by atoms with E-state index in [2.05, 4.69) is 67.4 Å². The topological polar surface area (TPSA) is 80.0 Å². The van der Waals surface area contributed by atoms with E-state index in [4.69, 9.17) is 4.42 Å². The number of aryl methyl sites for hydroxylation is 1. The van der Waals surface area contributed by atoms with E-state index in [0.29, 0.717) is 24.3 Å². The zero-order valence-electron chi connectivity index (χ0n) is 25.3. The molecule has 45 heavy (non-hydrogen) atoms. The molecule has 4 aromatic rings. The van der Waals surface area contributed by atoms with E-state index in [0.717, 1.165) is 24.0 Å². The van der Waals surface area contributed by atoms with Gasteiger partial charge in [-0.15, -0.1) is 0 Å². The zero-order chi connectivity index (χ0) is 32.9. The Morgan fingerprint density at radius 2 is 1.47 bits per heavy atom. The van der Waals surface area contributed by atoms with Crippen molar-refractivity contribution in [1.29, 1.82) is 0 Å². The van der Waals surface area contributed by atoms with Gasteiger partial charge in [0.05, 0.1) is 11.1 Å². The first-order valence-electron chi connectivity index (χ1n) is 14.3. The van der Waals surface area contributed by atoms with Gasteiger partial charge in [0.25, 0.3) is 5.91 Å². The number of benzene rings is 2. The van der Waals surface area contributed by atoms with Crippen molar-refractivity contribution in [3.63, 3.8) is 0 Å². The largest absolute Gasteiger partial charge is 0.456 e. The van der Waals surface area contributed by atoms with Crippen molar-refractivity contribution in [3.8, 4) is 0 Å². The number of hydrogen-bond donors (Lipinski definition) is 2. The molecule has 0 saturated carbocycles. The quantitative estimate of drug-likeness (QED) is 0.208. The summed E-state index contributed by atoms with van der Waals surface area (Å²) >= 11 is 0. The van der Waals surface area contributed by atoms with Gasteiger partial charge < -0.3 is 9.73 Å². The predicted molar refractivity (Wildman–Crippen MR) is 158 cm³/mol. The van der Waals surface area contributed by atoms with Crippen LogP contribution in [0.5, 0.6) is 0 Å². The Morgan fingerprint density at radius 3 is 2.07 bits per heavy atom. The van der Waals surface area contributed by atoms with Gasteiger partial charge in [-0.2, -0.15) is 31.3 Å². The van der Waals surface area contributed by atoms with Crippen LogP contribution in [-0.2, 0) is 29.6 Å². The number of alkyl halides is 6. The fourth-order valence-electron chi connectivity index (χ4n) is 5.57. The van der Waals surface area contributed by atoms with Crippen LogP contribution in [0.2, 0.25) is 0 Å². The molecule has 12 heteroatoms. The lowest BCUT2D eigenvalue weighted by atomic mass is 9.62. The first-order chi connectivity index (χ1) is 20.8. The average molecular weight is 631 g/mol. The second kappa shape index (κ2) is 11.2. The molecule has 0 bridgehead atoms. The van der Waals surface area contributed by atoms with Gasteiger partial charge in [0.2, 0.25) is 5.95 Å². The molecule has 1 aliphatic carbocycles. The van der Waals surface area contributed by atoms with E-state index < -0.39 is 35.1 Å². The van der Waals surface area contributed by atoms with Gasteiger partial charge in [-0.3, -0.25) is 10.1 Å². The third-order valence-corrected chi connectivity index (χ3v) is 8.30. The van der Waals surface area contributed by atoms with Gasteiger partial charge in [0.15, 0.2) is 5.76 Å². The van der Waals surface area contributed by atoms with Crippen LogP contribution in [0.25, 0.3) is 0 Å². The third kappa shape index (κ3) is 6.99. The number of hydrogen-bond acceptors (Lipinski definition) is 5. The minimum atomic E-state index is -5.00. The average Bonchev–Trinajstić information content (AvgIpc) is 3.40. The van der Waals surface area contributed by atoms with Crippen LogP contribution in [0.15, 0.2) is 59.1 Å². The van der Waals surface area contributed by atoms with Gasteiger partial charge in [-0.25, -0.2) is 4.98 Å². The Hall–Kier alpha value is -4.35. The van der Waals surface area contributed by atoms with E-state index in [1.54, 1.807) is 6.07 Å². The molecule has 6 nitrogen and oxygen atoms in total. The molecule has 0 saturated heterocycles. The number of carbonyl (C=O) groups is 1. The number of carbonyl (C=O) groups excluding carboxylic acids is 1. The molecule has 1 amide bonds. The van der Waals surface area contributed by atoms with Crippen LogP contribution in [0, 0.1) is 6.92 Å². The number of anilines is 3. The minimum Gasteiger partial charge on any atom is -0.456 e. The molecular weight excluding hydrogens is 598 g/mol. The van der Waals surface area contributed by atoms with Crippen LogP contribution in [-0.4, -0.2) is 15.9 Å². The summed E-state index contributed by atoms with van der Waals surface area (Å²) in [4.78, 5) is 20.9. The number of nitrogens with zero attached hydrogens (tertiary/aromatic N) is 2. The van der Waals surface area contributed by atoms with Crippen LogP contribution < -0.4 is 10.6 Å². The summed E-state index contributed by atoms with van der Waals surface area (Å²) in [6.45, 7) is 11.1. The van der Waals surface area contributed by atoms with E-state index >= 15 is 0 Å². The monoisotopic (exact) mass is 630 g/mol. The van der Waals surface area contributed by atoms with Gasteiger partial charge in [0, 0.05) is 18.3 Å². The van der Waals surface area contributed by atoms with Crippen molar-refractivity contribution in [2.24, 2.45) is 0 Å². The van der Waals surface area contributed by atoms with Crippen LogP contribution in [0.4, 0.5) is 43.8 Å². The maximum Gasteiger partial charge on any atom is 0.416 e. The molecule has 0 aliphatic heterocycles. The standard InChI is InChI=1S/C33H32F6N4O2/c1-18-12-24-25(31(4,5)10-9-30(24,2)3)14-19(18)13-23-6-7-26(45-23)28(44)43-29-40-11-8-27(42-29)41-22-16-20(32(34,35)36)15-21(17-22)33(37,38)39/h6-8,11-12,14-17H,9-10,13H2,1-5H3,(H2,40,41,42,43,44). The highest BCUT2D eigenvalue weighted by molar-refractivity contribution is 6.01. The van der Waals surface area contributed by atoms with Crippen molar-refractivity contribution < 1.29 is 35.6 Å². The summed E-state index contributed by atoms with van der Waals surface area (Å²) in [5, 5.41) is 4.88. The second-order valence-corrected chi connectivity index (χ2v) is 12.7. The Labute approximate surface area is 256 Å². The number of fused-ring (bicyclic) bond motifs is 1. The third-order valence-electron chi connectivity index (χ3n) is 8.30. The first kappa shape index (κ1) is 32.1. The van der Waals surface area contributed by atoms with E-state index in [9.17, 15) is 31.1 Å². The zero-order valence-corrected chi connectivity index (χ0v) is 25.3. The lowest BCUT2D eigenvalue weighted by Crippen LogP contribution is -2.34. The molecule has 0 spiro atoms. The Kier molecular flexibility index (Phi) is 7.99. The molecule has 2 heterocycles. The summed E-state index contributed by atoms with van der Waals surface area (Å²) in [6, 6.07) is 10.0. The number of rotatable bonds is 6. The SMILES string of the molecule is Cc1cc2c(cc1Cc1ccc(C(=O)Nc3nccc(Nc4cc(C(F)(F)F)cc(C(F)(F)F)c4)n3)o1)C(C)(C)CCC2(C)C. The summed E-state index contributed by atoms with van der Waals surface area (Å²) in [5.41, 5.74) is 1.55. The molecule has 0 fully saturated rings. The van der Waals surface area contributed by atoms with Gasteiger partial charge in [0.1, 0.15) is 11.6 Å². The van der Waals surface area contributed by atoms with Crippen molar-refractivity contribution in [2.45, 2.75) is 77.1 Å². The van der Waals surface area contributed by atoms with Gasteiger partial charge in [-0.1, -0.05) is 39.8 Å². The fourth-order valence-corrected chi connectivity index (χ4v) is 5.57. The summed E-state index contributed by atoms with van der Waals surface area (Å²) < 4.78 is 85.2. The molecule has 2 aromatic heterocycles. The van der Waals surface area contributed by atoms with E-state index in [1.165, 1.54) is 29.5 Å². The van der Waals surface area contributed by atoms with E-state index in [1.807, 2.05) is 0 Å². The maximum atomic E-state index is 13.2. The molecule has 0 atom stereocenters. The Bertz CT molecular complexity index is 1720. The van der Waals surface area contributed by atoms with Crippen molar-refractivity contribution in [3.05, 3.63) is 99.6 Å². The van der Waals surface area contributed by atoms with Crippen molar-refractivity contribution >= 4 is 23.4 Å². The second-order valence-electron chi connectivity index (χ2n) is 12.7. The van der Waals surface area contributed by atoms with Crippen LogP contribution >= 0.6 is 0 Å². The lowest BCUT2D eigenvalue weighted by Gasteiger charge is -2.42. The molecular formula is C33H32F6N4O2. The van der Waals surface area contributed by atoms with Crippen molar-refractivity contribution in [1.82, 2.24) is 9.97 Å². The Morgan fingerprint density at radius 1 is 0.867 bits per heavy atom. The fraction of sp³-hybridized carbons (Fsp3) is 0.364. The predicted octanol–water partition coefficient (Wildman–Crippen LogP) is 9.35. The molecule has 238 valence electrons. The van der Waals surface area contributed by atoms with Crippen LogP contribution in [0.3, 0.4) is 0 Å².